The maximum absolute atomic E-state index is 13.1. The molecule has 1 aromatic heterocycles. The average Bonchev–Trinajstić information content (AvgIpc) is 3.20. The van der Waals surface area contributed by atoms with E-state index in [4.69, 9.17) is 4.74 Å². The number of carbonyl (C=O) groups is 1. The van der Waals surface area contributed by atoms with E-state index in [1.807, 2.05) is 0 Å². The molecule has 0 fully saturated rings. The molecule has 27 heavy (non-hydrogen) atoms. The standard InChI is InChI=1S/C19H17N3O4S/c1-26-14-6-7-18-16(12-14)22(19(23)8-10-21-11-9-20-13-21)15-4-2-3-5-17(15)27(18,24)25/h2-7,9,11-13H,8,10H2,1H3. The molecule has 0 spiro atoms. The van der Waals surface area contributed by atoms with Crippen LogP contribution in [0.4, 0.5) is 11.4 Å². The number of anilines is 2. The van der Waals surface area contributed by atoms with Gasteiger partial charge in [-0.25, -0.2) is 13.4 Å². The van der Waals surface area contributed by atoms with Gasteiger partial charge in [0.25, 0.3) is 0 Å². The Hall–Kier alpha value is -3.13. The van der Waals surface area contributed by atoms with Crippen molar-refractivity contribution in [1.29, 1.82) is 0 Å². The highest BCUT2D eigenvalue weighted by Crippen LogP contribution is 2.45. The van der Waals surface area contributed by atoms with Crippen molar-refractivity contribution in [3.05, 3.63) is 61.2 Å². The van der Waals surface area contributed by atoms with Crippen molar-refractivity contribution in [2.75, 3.05) is 12.0 Å². The second kappa shape index (κ2) is 6.55. The van der Waals surface area contributed by atoms with Crippen molar-refractivity contribution in [3.63, 3.8) is 0 Å². The number of imidazole rings is 1. The first-order valence-electron chi connectivity index (χ1n) is 8.33. The second-order valence-corrected chi connectivity index (χ2v) is 7.97. The SMILES string of the molecule is COc1ccc2c(c1)N(C(=O)CCn1ccnc1)c1ccccc1S2(=O)=O. The fourth-order valence-electron chi connectivity index (χ4n) is 3.17. The number of fused-ring (bicyclic) bond motifs is 2. The molecule has 1 aliphatic rings. The van der Waals surface area contributed by atoms with E-state index in [2.05, 4.69) is 4.98 Å². The fraction of sp³-hybridized carbons (Fsp3) is 0.158. The lowest BCUT2D eigenvalue weighted by molar-refractivity contribution is -0.118. The van der Waals surface area contributed by atoms with Gasteiger partial charge < -0.3 is 9.30 Å². The first-order valence-corrected chi connectivity index (χ1v) is 9.81. The van der Waals surface area contributed by atoms with E-state index in [9.17, 15) is 13.2 Å². The van der Waals surface area contributed by atoms with Crippen LogP contribution in [0.15, 0.2) is 71.0 Å². The number of benzene rings is 2. The topological polar surface area (TPSA) is 81.5 Å². The molecule has 0 aliphatic carbocycles. The first kappa shape index (κ1) is 17.3. The number of sulfone groups is 1. The van der Waals surface area contributed by atoms with Gasteiger partial charge in [-0.15, -0.1) is 0 Å². The van der Waals surface area contributed by atoms with Crippen LogP contribution in [0.3, 0.4) is 0 Å². The van der Waals surface area contributed by atoms with Crippen molar-refractivity contribution in [1.82, 2.24) is 9.55 Å². The van der Waals surface area contributed by atoms with Gasteiger partial charge in [-0.3, -0.25) is 9.69 Å². The Kier molecular flexibility index (Phi) is 4.19. The summed E-state index contributed by atoms with van der Waals surface area (Å²) in [6.45, 7) is 0.448. The van der Waals surface area contributed by atoms with Gasteiger partial charge in [0, 0.05) is 31.4 Å². The highest BCUT2D eigenvalue weighted by atomic mass is 32.2. The molecule has 0 saturated heterocycles. The normalized spacial score (nSPS) is 14.3. The van der Waals surface area contributed by atoms with Gasteiger partial charge in [-0.2, -0.15) is 0 Å². The Bertz CT molecular complexity index is 1110. The van der Waals surface area contributed by atoms with Crippen LogP contribution in [0, 0.1) is 0 Å². The Morgan fingerprint density at radius 3 is 2.63 bits per heavy atom. The quantitative estimate of drug-likeness (QED) is 0.692. The average molecular weight is 383 g/mol. The van der Waals surface area contributed by atoms with E-state index in [-0.39, 0.29) is 22.1 Å². The second-order valence-electron chi connectivity index (χ2n) is 6.08. The zero-order valence-electron chi connectivity index (χ0n) is 14.6. The fourth-order valence-corrected chi connectivity index (χ4v) is 4.77. The summed E-state index contributed by atoms with van der Waals surface area (Å²) < 4.78 is 33.1. The molecule has 0 atom stereocenters. The van der Waals surface area contributed by atoms with Crippen molar-refractivity contribution in [2.24, 2.45) is 0 Å². The molecule has 7 nitrogen and oxygen atoms in total. The van der Waals surface area contributed by atoms with E-state index in [0.29, 0.717) is 23.7 Å². The molecule has 2 aromatic carbocycles. The van der Waals surface area contributed by atoms with E-state index in [0.717, 1.165) is 0 Å². The van der Waals surface area contributed by atoms with Crippen LogP contribution < -0.4 is 9.64 Å². The predicted molar refractivity (Wildman–Crippen MR) is 98.9 cm³/mol. The number of nitrogens with zero attached hydrogens (tertiary/aromatic N) is 3. The third-order valence-electron chi connectivity index (χ3n) is 4.48. The van der Waals surface area contributed by atoms with Crippen LogP contribution >= 0.6 is 0 Å². The van der Waals surface area contributed by atoms with Crippen molar-refractivity contribution in [2.45, 2.75) is 22.8 Å². The number of para-hydroxylation sites is 1. The number of carbonyl (C=O) groups excluding carboxylic acids is 1. The summed E-state index contributed by atoms with van der Waals surface area (Å²) in [4.78, 5) is 18.7. The number of hydrogen-bond donors (Lipinski definition) is 0. The molecule has 1 amide bonds. The van der Waals surface area contributed by atoms with Gasteiger partial charge in [-0.1, -0.05) is 12.1 Å². The van der Waals surface area contributed by atoms with E-state index in [1.165, 1.54) is 24.1 Å². The molecular formula is C19H17N3O4S. The molecule has 0 saturated carbocycles. The first-order chi connectivity index (χ1) is 13.0. The lowest BCUT2D eigenvalue weighted by atomic mass is 10.2. The number of methoxy groups -OCH3 is 1. The number of rotatable bonds is 4. The van der Waals surface area contributed by atoms with Gasteiger partial charge in [0.05, 0.1) is 34.6 Å². The monoisotopic (exact) mass is 383 g/mol. The maximum Gasteiger partial charge on any atom is 0.233 e. The minimum atomic E-state index is -3.72. The molecule has 0 radical (unpaired) electrons. The Balaban J connectivity index is 1.82. The zero-order chi connectivity index (χ0) is 19.0. The smallest absolute Gasteiger partial charge is 0.233 e. The number of aromatic nitrogens is 2. The van der Waals surface area contributed by atoms with Crippen molar-refractivity contribution < 1.29 is 17.9 Å². The summed E-state index contributed by atoms with van der Waals surface area (Å²) in [6.07, 6.45) is 5.26. The van der Waals surface area contributed by atoms with Crippen LogP contribution in [0.2, 0.25) is 0 Å². The Labute approximate surface area is 156 Å². The minimum absolute atomic E-state index is 0.0954. The molecule has 0 bridgehead atoms. The number of ether oxygens (including phenoxy) is 1. The highest BCUT2D eigenvalue weighted by Gasteiger charge is 2.36. The Morgan fingerprint density at radius 2 is 1.89 bits per heavy atom. The molecule has 0 unspecified atom stereocenters. The predicted octanol–water partition coefficient (Wildman–Crippen LogP) is 2.79. The van der Waals surface area contributed by atoms with Crippen LogP contribution in [0.1, 0.15) is 6.42 Å². The van der Waals surface area contributed by atoms with Gasteiger partial charge >= 0.3 is 0 Å². The molecule has 3 aromatic rings. The molecule has 2 heterocycles. The summed E-state index contributed by atoms with van der Waals surface area (Å²) in [6, 6.07) is 11.2. The van der Waals surface area contributed by atoms with Crippen LogP contribution in [-0.2, 0) is 21.2 Å². The maximum atomic E-state index is 13.1. The van der Waals surface area contributed by atoms with Gasteiger partial charge in [-0.05, 0) is 24.3 Å². The van der Waals surface area contributed by atoms with Crippen LogP contribution in [0.25, 0.3) is 0 Å². The largest absolute Gasteiger partial charge is 0.497 e. The van der Waals surface area contributed by atoms with Gasteiger partial charge in [0.1, 0.15) is 5.75 Å². The number of hydrogen-bond acceptors (Lipinski definition) is 5. The van der Waals surface area contributed by atoms with Crippen molar-refractivity contribution in [3.8, 4) is 5.75 Å². The summed E-state index contributed by atoms with van der Waals surface area (Å²) in [7, 11) is -2.22. The number of aryl methyl sites for hydroxylation is 1. The summed E-state index contributed by atoms with van der Waals surface area (Å²) in [5, 5.41) is 0. The lowest BCUT2D eigenvalue weighted by Crippen LogP contribution is -2.32. The van der Waals surface area contributed by atoms with E-state index >= 15 is 0 Å². The van der Waals surface area contributed by atoms with E-state index in [1.54, 1.807) is 53.6 Å². The van der Waals surface area contributed by atoms with Crippen LogP contribution in [-0.4, -0.2) is 31.0 Å². The Morgan fingerprint density at radius 1 is 1.11 bits per heavy atom. The van der Waals surface area contributed by atoms with Gasteiger partial charge in [0.15, 0.2) is 0 Å². The highest BCUT2D eigenvalue weighted by molar-refractivity contribution is 7.92. The molecule has 0 N–H and O–H groups in total. The van der Waals surface area contributed by atoms with Gasteiger partial charge in [0.2, 0.25) is 15.7 Å². The number of amides is 1. The summed E-state index contributed by atoms with van der Waals surface area (Å²) in [5.41, 5.74) is 0.664. The third-order valence-corrected chi connectivity index (χ3v) is 6.33. The summed E-state index contributed by atoms with van der Waals surface area (Å²) >= 11 is 0. The van der Waals surface area contributed by atoms with E-state index < -0.39 is 9.84 Å². The van der Waals surface area contributed by atoms with Crippen LogP contribution in [0.5, 0.6) is 5.75 Å². The molecular weight excluding hydrogens is 366 g/mol. The third kappa shape index (κ3) is 2.87. The van der Waals surface area contributed by atoms with Crippen molar-refractivity contribution >= 4 is 27.1 Å². The summed E-state index contributed by atoms with van der Waals surface area (Å²) in [5.74, 6) is 0.274. The lowest BCUT2D eigenvalue weighted by Gasteiger charge is -2.31. The molecule has 4 rings (SSSR count). The minimum Gasteiger partial charge on any atom is -0.497 e. The zero-order valence-corrected chi connectivity index (χ0v) is 15.4. The molecule has 138 valence electrons. The molecule has 8 heteroatoms. The molecule has 1 aliphatic heterocycles.